The van der Waals surface area contributed by atoms with Crippen LogP contribution in [0.15, 0.2) is 29.4 Å². The number of hydrogen-bond donors (Lipinski definition) is 3. The van der Waals surface area contributed by atoms with Crippen LogP contribution >= 0.6 is 24.0 Å². The number of benzene rings is 1. The highest BCUT2D eigenvalue weighted by molar-refractivity contribution is 14.0. The number of nitrogens with one attached hydrogen (secondary N) is 3. The molecule has 1 aliphatic rings. The molecule has 162 valence electrons. The molecule has 1 aromatic carbocycles. The minimum Gasteiger partial charge on any atom is -0.382 e. The summed E-state index contributed by atoms with van der Waals surface area (Å²) in [7, 11) is 1.81. The van der Waals surface area contributed by atoms with Crippen LogP contribution in [0.25, 0.3) is 10.9 Å². The molecule has 0 aliphatic heterocycles. The number of hydrogen-bond acceptors (Lipinski definition) is 2. The van der Waals surface area contributed by atoms with E-state index in [0.717, 1.165) is 56.0 Å². The molecule has 3 N–H and O–H groups in total. The van der Waals surface area contributed by atoms with Gasteiger partial charge in [-0.05, 0) is 61.8 Å². The van der Waals surface area contributed by atoms with Crippen molar-refractivity contribution in [1.82, 2.24) is 15.6 Å². The summed E-state index contributed by atoms with van der Waals surface area (Å²) in [6, 6.07) is 4.89. The monoisotopic (exact) mass is 516 g/mol. The van der Waals surface area contributed by atoms with Gasteiger partial charge < -0.3 is 20.4 Å². The Balaban J connectivity index is 0.00000300. The normalized spacial score (nSPS) is 16.0. The first-order chi connectivity index (χ1) is 13.7. The van der Waals surface area contributed by atoms with E-state index in [0.29, 0.717) is 5.41 Å². The van der Waals surface area contributed by atoms with Gasteiger partial charge in [-0.2, -0.15) is 0 Å². The van der Waals surface area contributed by atoms with Crippen molar-refractivity contribution in [3.8, 4) is 0 Å². The first-order valence-corrected chi connectivity index (χ1v) is 10.4. The quantitative estimate of drug-likeness (QED) is 0.197. The Bertz CT molecular complexity index is 786. The fraction of sp³-hybridized carbons (Fsp3) is 0.591. The predicted molar refractivity (Wildman–Crippen MR) is 129 cm³/mol. The number of nitrogens with zero attached hydrogens (tertiary/aromatic N) is 1. The molecule has 2 aromatic rings. The lowest BCUT2D eigenvalue weighted by Gasteiger charge is -2.30. The van der Waals surface area contributed by atoms with Crippen LogP contribution in [0.1, 0.15) is 44.6 Å². The average Bonchev–Trinajstić information content (AvgIpc) is 3.32. The number of H-pyrrole nitrogens is 1. The predicted octanol–water partition coefficient (Wildman–Crippen LogP) is 4.62. The van der Waals surface area contributed by atoms with Crippen LogP contribution in [0.2, 0.25) is 0 Å². The zero-order chi connectivity index (χ0) is 19.8. The van der Waals surface area contributed by atoms with E-state index in [1.54, 1.807) is 0 Å². The molecule has 7 heteroatoms. The molecule has 0 amide bonds. The van der Waals surface area contributed by atoms with Crippen molar-refractivity contribution in [3.05, 3.63) is 35.8 Å². The minimum absolute atomic E-state index is 0. The van der Waals surface area contributed by atoms with E-state index >= 15 is 0 Å². The standard InChI is InChI=1S/C22H33FN4O.HI/c1-3-28-13-11-22(9-4-5-10-22)16-27-21(24-2)25-12-8-17-15-26-20-14-18(23)6-7-19(17)20;/h6-7,14-15,26H,3-5,8-13,16H2,1-2H3,(H2,24,25,27);1H. The van der Waals surface area contributed by atoms with Gasteiger partial charge in [0.05, 0.1) is 0 Å². The van der Waals surface area contributed by atoms with Gasteiger partial charge in [0.1, 0.15) is 5.82 Å². The maximum absolute atomic E-state index is 13.3. The van der Waals surface area contributed by atoms with E-state index in [1.165, 1.54) is 43.4 Å². The molecule has 1 fully saturated rings. The Labute approximate surface area is 190 Å². The molecule has 1 saturated carbocycles. The lowest BCUT2D eigenvalue weighted by atomic mass is 9.83. The van der Waals surface area contributed by atoms with Crippen molar-refractivity contribution in [3.63, 3.8) is 0 Å². The zero-order valence-electron chi connectivity index (χ0n) is 17.5. The Morgan fingerprint density at radius 2 is 2.07 bits per heavy atom. The fourth-order valence-electron chi connectivity index (χ4n) is 4.25. The Morgan fingerprint density at radius 1 is 1.28 bits per heavy atom. The molecule has 0 radical (unpaired) electrons. The number of fused-ring (bicyclic) bond motifs is 1. The number of guanidine groups is 1. The van der Waals surface area contributed by atoms with Gasteiger partial charge in [0.25, 0.3) is 0 Å². The third-order valence-electron chi connectivity index (χ3n) is 5.92. The maximum Gasteiger partial charge on any atom is 0.191 e. The van der Waals surface area contributed by atoms with E-state index in [1.807, 2.05) is 19.3 Å². The third-order valence-corrected chi connectivity index (χ3v) is 5.92. The molecule has 5 nitrogen and oxygen atoms in total. The summed E-state index contributed by atoms with van der Waals surface area (Å²) in [5.74, 6) is 0.627. The first-order valence-electron chi connectivity index (χ1n) is 10.4. The van der Waals surface area contributed by atoms with Crippen LogP contribution in [0.5, 0.6) is 0 Å². The summed E-state index contributed by atoms with van der Waals surface area (Å²) in [6.07, 6.45) is 9.05. The Kier molecular flexibility index (Phi) is 9.68. The second-order valence-corrected chi connectivity index (χ2v) is 7.76. The molecule has 1 heterocycles. The van der Waals surface area contributed by atoms with Gasteiger partial charge in [-0.1, -0.05) is 12.8 Å². The number of halogens is 2. The smallest absolute Gasteiger partial charge is 0.191 e. The summed E-state index contributed by atoms with van der Waals surface area (Å²) in [4.78, 5) is 7.52. The first kappa shape index (κ1) is 23.9. The lowest BCUT2D eigenvalue weighted by molar-refractivity contribution is 0.105. The molecule has 1 aromatic heterocycles. The second kappa shape index (κ2) is 11.7. The minimum atomic E-state index is -0.214. The molecular formula is C22H34FIN4O. The van der Waals surface area contributed by atoms with Crippen molar-refractivity contribution < 1.29 is 9.13 Å². The molecule has 0 saturated heterocycles. The van der Waals surface area contributed by atoms with Crippen LogP contribution in [-0.4, -0.2) is 44.3 Å². The van der Waals surface area contributed by atoms with Gasteiger partial charge in [-0.15, -0.1) is 24.0 Å². The SMILES string of the molecule is CCOCCC1(CNC(=NC)NCCc2c[nH]c3cc(F)ccc23)CCCC1.I. The molecule has 3 rings (SSSR count). The van der Waals surface area contributed by atoms with Crippen molar-refractivity contribution >= 4 is 40.8 Å². The van der Waals surface area contributed by atoms with Gasteiger partial charge in [-0.25, -0.2) is 4.39 Å². The van der Waals surface area contributed by atoms with E-state index in [4.69, 9.17) is 4.74 Å². The van der Waals surface area contributed by atoms with Crippen LogP contribution in [0.4, 0.5) is 4.39 Å². The van der Waals surface area contributed by atoms with Crippen molar-refractivity contribution in [2.24, 2.45) is 10.4 Å². The van der Waals surface area contributed by atoms with Crippen LogP contribution in [0, 0.1) is 11.2 Å². The lowest BCUT2D eigenvalue weighted by Crippen LogP contribution is -2.44. The number of aliphatic imine (C=N–C) groups is 1. The topological polar surface area (TPSA) is 61.4 Å². The number of ether oxygens (including phenoxy) is 1. The number of rotatable bonds is 9. The second-order valence-electron chi connectivity index (χ2n) is 7.76. The summed E-state index contributed by atoms with van der Waals surface area (Å²) in [6.45, 7) is 5.39. The Morgan fingerprint density at radius 3 is 2.79 bits per heavy atom. The summed E-state index contributed by atoms with van der Waals surface area (Å²) >= 11 is 0. The summed E-state index contributed by atoms with van der Waals surface area (Å²) in [5.41, 5.74) is 2.35. The van der Waals surface area contributed by atoms with E-state index in [9.17, 15) is 4.39 Å². The molecule has 0 spiro atoms. The van der Waals surface area contributed by atoms with Gasteiger partial charge >= 0.3 is 0 Å². The van der Waals surface area contributed by atoms with Gasteiger partial charge in [0.15, 0.2) is 5.96 Å². The largest absolute Gasteiger partial charge is 0.382 e. The van der Waals surface area contributed by atoms with Crippen molar-refractivity contribution in [2.45, 2.75) is 45.4 Å². The average molecular weight is 516 g/mol. The van der Waals surface area contributed by atoms with Crippen molar-refractivity contribution in [1.29, 1.82) is 0 Å². The fourth-order valence-corrected chi connectivity index (χ4v) is 4.25. The van der Waals surface area contributed by atoms with Crippen molar-refractivity contribution in [2.75, 3.05) is 33.4 Å². The van der Waals surface area contributed by atoms with Gasteiger partial charge in [-0.3, -0.25) is 4.99 Å². The van der Waals surface area contributed by atoms with E-state index < -0.39 is 0 Å². The highest BCUT2D eigenvalue weighted by Crippen LogP contribution is 2.40. The highest BCUT2D eigenvalue weighted by Gasteiger charge is 2.33. The van der Waals surface area contributed by atoms with Crippen LogP contribution < -0.4 is 10.6 Å². The molecular weight excluding hydrogens is 482 g/mol. The molecule has 0 atom stereocenters. The van der Waals surface area contributed by atoms with Crippen LogP contribution in [-0.2, 0) is 11.2 Å². The van der Waals surface area contributed by atoms with Gasteiger partial charge in [0.2, 0.25) is 0 Å². The van der Waals surface area contributed by atoms with E-state index in [2.05, 4.69) is 27.5 Å². The number of aromatic amines is 1. The molecule has 0 unspecified atom stereocenters. The maximum atomic E-state index is 13.3. The number of aromatic nitrogens is 1. The summed E-state index contributed by atoms with van der Waals surface area (Å²) in [5, 5.41) is 8.02. The van der Waals surface area contributed by atoms with Gasteiger partial charge in [0, 0.05) is 50.5 Å². The van der Waals surface area contributed by atoms with E-state index in [-0.39, 0.29) is 29.8 Å². The molecule has 0 bridgehead atoms. The zero-order valence-corrected chi connectivity index (χ0v) is 19.9. The Hall–Kier alpha value is -1.35. The molecule has 29 heavy (non-hydrogen) atoms. The third kappa shape index (κ3) is 6.57. The molecule has 1 aliphatic carbocycles. The highest BCUT2D eigenvalue weighted by atomic mass is 127. The summed E-state index contributed by atoms with van der Waals surface area (Å²) < 4.78 is 18.9. The van der Waals surface area contributed by atoms with Crippen LogP contribution in [0.3, 0.4) is 0 Å².